The summed E-state index contributed by atoms with van der Waals surface area (Å²) in [5, 5.41) is 0. The molecule has 0 amide bonds. The highest BCUT2D eigenvalue weighted by molar-refractivity contribution is 6.25. The van der Waals surface area contributed by atoms with Crippen LogP contribution in [0.4, 0.5) is 0 Å². The second-order valence-electron chi connectivity index (χ2n) is 3.95. The first-order valence-corrected chi connectivity index (χ1v) is 4.87. The molecule has 3 heteroatoms. The van der Waals surface area contributed by atoms with Gasteiger partial charge in [0.05, 0.1) is 11.0 Å². The van der Waals surface area contributed by atoms with Crippen LogP contribution < -0.4 is 0 Å². The molecule has 0 N–H and O–H groups in total. The van der Waals surface area contributed by atoms with E-state index in [1.54, 1.807) is 0 Å². The van der Waals surface area contributed by atoms with Crippen LogP contribution in [0.1, 0.15) is 26.7 Å². The molecule has 0 aromatic heterocycles. The lowest BCUT2D eigenvalue weighted by Crippen LogP contribution is -2.40. The van der Waals surface area contributed by atoms with Gasteiger partial charge in [0, 0.05) is 12.1 Å². The van der Waals surface area contributed by atoms with Crippen LogP contribution in [0.15, 0.2) is 11.6 Å². The third-order valence-corrected chi connectivity index (χ3v) is 3.19. The van der Waals surface area contributed by atoms with Crippen molar-refractivity contribution >= 4 is 17.9 Å². The molecule has 1 saturated heterocycles. The molecule has 74 valence electrons. The molecule has 0 spiro atoms. The van der Waals surface area contributed by atoms with Crippen molar-refractivity contribution in [3.63, 3.8) is 0 Å². The van der Waals surface area contributed by atoms with Crippen molar-refractivity contribution in [2.45, 2.75) is 32.3 Å². The quantitative estimate of drug-likeness (QED) is 0.658. The van der Waals surface area contributed by atoms with Gasteiger partial charge in [0.2, 0.25) is 0 Å². The molecule has 0 aromatic rings. The molecule has 0 bridgehead atoms. The fourth-order valence-corrected chi connectivity index (χ4v) is 1.87. The van der Waals surface area contributed by atoms with Crippen LogP contribution >= 0.6 is 11.6 Å². The minimum atomic E-state index is -0.390. The first kappa shape index (κ1) is 10.7. The van der Waals surface area contributed by atoms with Crippen molar-refractivity contribution in [2.24, 2.45) is 5.41 Å². The zero-order valence-electron chi connectivity index (χ0n) is 8.05. The Labute approximate surface area is 83.9 Å². The van der Waals surface area contributed by atoms with Crippen molar-refractivity contribution in [1.29, 1.82) is 0 Å². The van der Waals surface area contributed by atoms with Gasteiger partial charge in [0.25, 0.3) is 0 Å². The second-order valence-corrected chi connectivity index (χ2v) is 4.20. The highest BCUT2D eigenvalue weighted by Gasteiger charge is 2.49. The zero-order valence-corrected chi connectivity index (χ0v) is 8.80. The van der Waals surface area contributed by atoms with E-state index < -0.39 is 5.41 Å². The highest BCUT2D eigenvalue weighted by atomic mass is 35.5. The fourth-order valence-electron chi connectivity index (χ4n) is 1.78. The third kappa shape index (κ3) is 1.79. The van der Waals surface area contributed by atoms with E-state index in [0.717, 1.165) is 12.7 Å². The number of ether oxygens (including phenoxy) is 1. The molecule has 1 heterocycles. The molecule has 1 rings (SSSR count). The number of hydrogen-bond acceptors (Lipinski definition) is 2. The number of rotatable bonds is 3. The lowest BCUT2D eigenvalue weighted by atomic mass is 9.72. The van der Waals surface area contributed by atoms with Gasteiger partial charge in [-0.3, -0.25) is 0 Å². The molecule has 1 unspecified atom stereocenters. The summed E-state index contributed by atoms with van der Waals surface area (Å²) >= 11 is 5.45. The van der Waals surface area contributed by atoms with E-state index in [0.29, 0.717) is 13.0 Å². The van der Waals surface area contributed by atoms with Crippen LogP contribution in [-0.4, -0.2) is 18.5 Å². The van der Waals surface area contributed by atoms with E-state index in [1.165, 1.54) is 5.54 Å². The Morgan fingerprint density at radius 3 is 2.62 bits per heavy atom. The Hall–Kier alpha value is -0.340. The fraction of sp³-hybridized carbons (Fsp3) is 0.700. The Balaban J connectivity index is 2.85. The minimum Gasteiger partial charge on any atom is -0.374 e. The average Bonchev–Trinajstić information content (AvgIpc) is 2.38. The SMILES string of the molecule is CC1(C)OCCC1(C=O)C/C=C/Cl. The number of hydrogen-bond donors (Lipinski definition) is 0. The maximum absolute atomic E-state index is 11.1. The number of allylic oxidation sites excluding steroid dienone is 1. The van der Waals surface area contributed by atoms with Crippen LogP contribution in [0, 0.1) is 5.41 Å². The van der Waals surface area contributed by atoms with Gasteiger partial charge < -0.3 is 9.53 Å². The lowest BCUT2D eigenvalue weighted by Gasteiger charge is -2.34. The Kier molecular flexibility index (Phi) is 3.14. The normalized spacial score (nSPS) is 32.5. The summed E-state index contributed by atoms with van der Waals surface area (Å²) in [7, 11) is 0. The summed E-state index contributed by atoms with van der Waals surface area (Å²) in [6.07, 6.45) is 4.26. The van der Waals surface area contributed by atoms with Crippen molar-refractivity contribution < 1.29 is 9.53 Å². The first-order valence-electron chi connectivity index (χ1n) is 4.43. The first-order chi connectivity index (χ1) is 6.08. The molecular weight excluding hydrogens is 188 g/mol. The van der Waals surface area contributed by atoms with Gasteiger partial charge in [-0.25, -0.2) is 0 Å². The molecule has 1 atom stereocenters. The van der Waals surface area contributed by atoms with E-state index in [1.807, 2.05) is 19.9 Å². The van der Waals surface area contributed by atoms with Gasteiger partial charge in [0.15, 0.2) is 0 Å². The van der Waals surface area contributed by atoms with E-state index in [9.17, 15) is 4.79 Å². The number of halogens is 1. The standard InChI is InChI=1S/C10H15ClO2/c1-9(2)10(8-12,4-3-6-11)5-7-13-9/h3,6,8H,4-5,7H2,1-2H3/b6-3+. The topological polar surface area (TPSA) is 26.3 Å². The van der Waals surface area contributed by atoms with Gasteiger partial charge in [-0.2, -0.15) is 0 Å². The smallest absolute Gasteiger partial charge is 0.129 e. The van der Waals surface area contributed by atoms with Gasteiger partial charge in [-0.05, 0) is 26.7 Å². The van der Waals surface area contributed by atoms with Gasteiger partial charge in [-0.15, -0.1) is 0 Å². The van der Waals surface area contributed by atoms with Crippen LogP contribution in [0.2, 0.25) is 0 Å². The summed E-state index contributed by atoms with van der Waals surface area (Å²) in [6.45, 7) is 4.56. The molecule has 0 saturated carbocycles. The Morgan fingerprint density at radius 1 is 1.54 bits per heavy atom. The zero-order chi connectivity index (χ0) is 9.95. The minimum absolute atomic E-state index is 0.370. The molecule has 1 fully saturated rings. The van der Waals surface area contributed by atoms with E-state index in [-0.39, 0.29) is 5.60 Å². The van der Waals surface area contributed by atoms with Gasteiger partial charge in [0.1, 0.15) is 6.29 Å². The predicted octanol–water partition coefficient (Wildman–Crippen LogP) is 2.51. The maximum Gasteiger partial charge on any atom is 0.129 e. The summed E-state index contributed by atoms with van der Waals surface area (Å²) in [5.41, 5.74) is 0.698. The molecule has 1 aliphatic rings. The van der Waals surface area contributed by atoms with Crippen molar-refractivity contribution in [1.82, 2.24) is 0 Å². The summed E-state index contributed by atoms with van der Waals surface area (Å²) in [4.78, 5) is 11.1. The van der Waals surface area contributed by atoms with Crippen molar-refractivity contribution in [2.75, 3.05) is 6.61 Å². The molecule has 0 aliphatic carbocycles. The van der Waals surface area contributed by atoms with Crippen LogP contribution in [0.5, 0.6) is 0 Å². The summed E-state index contributed by atoms with van der Waals surface area (Å²) in [6, 6.07) is 0. The largest absolute Gasteiger partial charge is 0.374 e. The van der Waals surface area contributed by atoms with Crippen molar-refractivity contribution in [3.05, 3.63) is 11.6 Å². The van der Waals surface area contributed by atoms with E-state index >= 15 is 0 Å². The summed E-state index contributed by atoms with van der Waals surface area (Å²) in [5.74, 6) is 0. The van der Waals surface area contributed by atoms with Crippen LogP contribution in [-0.2, 0) is 9.53 Å². The Morgan fingerprint density at radius 2 is 2.23 bits per heavy atom. The van der Waals surface area contributed by atoms with E-state index in [2.05, 4.69) is 0 Å². The number of carbonyl (C=O) groups is 1. The van der Waals surface area contributed by atoms with Crippen molar-refractivity contribution in [3.8, 4) is 0 Å². The third-order valence-electron chi connectivity index (χ3n) is 3.01. The van der Waals surface area contributed by atoms with E-state index in [4.69, 9.17) is 16.3 Å². The molecule has 13 heavy (non-hydrogen) atoms. The second kappa shape index (κ2) is 3.81. The molecule has 0 aromatic carbocycles. The molecule has 0 radical (unpaired) electrons. The number of carbonyl (C=O) groups excluding carboxylic acids is 1. The van der Waals surface area contributed by atoms with Crippen LogP contribution in [0.3, 0.4) is 0 Å². The molecule has 1 aliphatic heterocycles. The maximum atomic E-state index is 11.1. The molecular formula is C10H15ClO2. The number of aldehydes is 1. The van der Waals surface area contributed by atoms with Crippen LogP contribution in [0.25, 0.3) is 0 Å². The monoisotopic (exact) mass is 202 g/mol. The molecule has 2 nitrogen and oxygen atoms in total. The van der Waals surface area contributed by atoms with Gasteiger partial charge in [-0.1, -0.05) is 17.7 Å². The highest BCUT2D eigenvalue weighted by Crippen LogP contribution is 2.44. The van der Waals surface area contributed by atoms with Gasteiger partial charge >= 0.3 is 0 Å². The average molecular weight is 203 g/mol. The summed E-state index contributed by atoms with van der Waals surface area (Å²) < 4.78 is 5.54. The Bertz CT molecular complexity index is 223. The predicted molar refractivity (Wildman–Crippen MR) is 52.8 cm³/mol. The lowest BCUT2D eigenvalue weighted by molar-refractivity contribution is -0.124.